The van der Waals surface area contributed by atoms with Crippen LogP contribution in [0, 0.1) is 0 Å². The van der Waals surface area contributed by atoms with Gasteiger partial charge in [-0.1, -0.05) is 0 Å². The maximum atomic E-state index is 5.64. The second kappa shape index (κ2) is 10.2. The van der Waals surface area contributed by atoms with Gasteiger partial charge in [0.1, 0.15) is 5.82 Å². The van der Waals surface area contributed by atoms with E-state index in [1.165, 1.54) is 24.8 Å². The first-order chi connectivity index (χ1) is 13.2. The van der Waals surface area contributed by atoms with Crippen molar-refractivity contribution >= 4 is 23.5 Å². The maximum absolute atomic E-state index is 5.64. The minimum atomic E-state index is 0.253. The van der Waals surface area contributed by atoms with Gasteiger partial charge in [-0.05, 0) is 57.1 Å². The van der Waals surface area contributed by atoms with E-state index in [0.717, 1.165) is 43.3 Å². The van der Waals surface area contributed by atoms with Crippen LogP contribution >= 0.6 is 11.8 Å². The molecule has 1 aromatic heterocycles. The Morgan fingerprint density at radius 1 is 1.44 bits per heavy atom. The van der Waals surface area contributed by atoms with Gasteiger partial charge < -0.3 is 20.3 Å². The molecule has 1 saturated carbocycles. The second-order valence-corrected chi connectivity index (χ2v) is 8.49. The molecule has 3 rings (SSSR count). The number of morpholine rings is 1. The van der Waals surface area contributed by atoms with Gasteiger partial charge in [0.25, 0.3) is 0 Å². The summed E-state index contributed by atoms with van der Waals surface area (Å²) < 4.78 is 5.64. The van der Waals surface area contributed by atoms with Crippen molar-refractivity contribution in [3.63, 3.8) is 0 Å². The average molecular weight is 392 g/mol. The fraction of sp³-hybridized carbons (Fsp3) is 0.700. The SMILES string of the molecule is CCNC(=NCc1ccnc(N2CCOC(C)C2)c1)NC1CCC(SC)C1. The number of anilines is 1. The Kier molecular flexibility index (Phi) is 7.64. The molecule has 3 atom stereocenters. The summed E-state index contributed by atoms with van der Waals surface area (Å²) in [6.45, 7) is 8.30. The van der Waals surface area contributed by atoms with Crippen LogP contribution in [0.2, 0.25) is 0 Å². The normalized spacial score (nSPS) is 26.3. The van der Waals surface area contributed by atoms with Gasteiger partial charge >= 0.3 is 0 Å². The molecule has 0 aromatic carbocycles. The predicted octanol–water partition coefficient (Wildman–Crippen LogP) is 2.65. The third kappa shape index (κ3) is 6.01. The lowest BCUT2D eigenvalue weighted by Gasteiger charge is -2.32. The molecular weight excluding hydrogens is 358 g/mol. The van der Waals surface area contributed by atoms with Gasteiger partial charge in [0, 0.05) is 37.1 Å². The van der Waals surface area contributed by atoms with Crippen LogP contribution in [0.3, 0.4) is 0 Å². The van der Waals surface area contributed by atoms with E-state index in [9.17, 15) is 0 Å². The first kappa shape index (κ1) is 20.3. The van der Waals surface area contributed by atoms with Crippen molar-refractivity contribution in [2.24, 2.45) is 4.99 Å². The lowest BCUT2D eigenvalue weighted by atomic mass is 10.2. The predicted molar refractivity (Wildman–Crippen MR) is 115 cm³/mol. The van der Waals surface area contributed by atoms with E-state index in [0.29, 0.717) is 12.6 Å². The molecule has 1 aromatic rings. The lowest BCUT2D eigenvalue weighted by Crippen LogP contribution is -2.42. The Morgan fingerprint density at radius 3 is 3.07 bits per heavy atom. The summed E-state index contributed by atoms with van der Waals surface area (Å²) in [7, 11) is 0. The number of hydrogen-bond donors (Lipinski definition) is 2. The largest absolute Gasteiger partial charge is 0.375 e. The van der Waals surface area contributed by atoms with Gasteiger partial charge in [0.2, 0.25) is 0 Å². The molecule has 6 nitrogen and oxygen atoms in total. The monoisotopic (exact) mass is 391 g/mol. The Hall–Kier alpha value is -1.47. The minimum absolute atomic E-state index is 0.253. The fourth-order valence-corrected chi connectivity index (χ4v) is 4.52. The van der Waals surface area contributed by atoms with Crippen molar-refractivity contribution in [3.05, 3.63) is 23.9 Å². The van der Waals surface area contributed by atoms with Crippen LogP contribution in [0.1, 0.15) is 38.7 Å². The Balaban J connectivity index is 1.61. The highest BCUT2D eigenvalue weighted by Crippen LogP contribution is 2.28. The van der Waals surface area contributed by atoms with Gasteiger partial charge in [0.05, 0.1) is 19.3 Å². The molecule has 1 aliphatic carbocycles. The van der Waals surface area contributed by atoms with Gasteiger partial charge in [0.15, 0.2) is 5.96 Å². The number of nitrogens with one attached hydrogen (secondary N) is 2. The van der Waals surface area contributed by atoms with Crippen LogP contribution < -0.4 is 15.5 Å². The van der Waals surface area contributed by atoms with Crippen molar-refractivity contribution in [1.82, 2.24) is 15.6 Å². The standard InChI is InChI=1S/C20H33N5OS/c1-4-21-20(24-17-5-6-18(12-17)27-3)23-13-16-7-8-22-19(11-16)25-9-10-26-15(2)14-25/h7-8,11,15,17-18H,4-6,9-10,12-14H2,1-3H3,(H2,21,23,24). The number of ether oxygens (including phenoxy) is 1. The van der Waals surface area contributed by atoms with Crippen LogP contribution in [-0.2, 0) is 11.3 Å². The molecule has 0 amide bonds. The number of aromatic nitrogens is 1. The van der Waals surface area contributed by atoms with Gasteiger partial charge in [-0.2, -0.15) is 11.8 Å². The summed E-state index contributed by atoms with van der Waals surface area (Å²) in [4.78, 5) is 11.7. The average Bonchev–Trinajstić information content (AvgIpc) is 3.14. The third-order valence-corrected chi connectivity index (χ3v) is 6.29. The molecule has 2 fully saturated rings. The van der Waals surface area contributed by atoms with Crippen LogP contribution in [0.4, 0.5) is 5.82 Å². The van der Waals surface area contributed by atoms with Gasteiger partial charge in [-0.3, -0.25) is 0 Å². The van der Waals surface area contributed by atoms with Crippen LogP contribution in [0.15, 0.2) is 23.3 Å². The van der Waals surface area contributed by atoms with Crippen molar-refractivity contribution in [2.75, 3.05) is 37.4 Å². The van der Waals surface area contributed by atoms with E-state index in [4.69, 9.17) is 9.73 Å². The summed E-state index contributed by atoms with van der Waals surface area (Å²) in [6, 6.07) is 4.74. The summed E-state index contributed by atoms with van der Waals surface area (Å²) >= 11 is 1.98. The molecule has 2 aliphatic rings. The molecule has 3 unspecified atom stereocenters. The molecule has 27 heavy (non-hydrogen) atoms. The Labute approximate surface area is 167 Å². The van der Waals surface area contributed by atoms with Crippen molar-refractivity contribution in [3.8, 4) is 0 Å². The van der Waals surface area contributed by atoms with Crippen LogP contribution in [0.25, 0.3) is 0 Å². The van der Waals surface area contributed by atoms with Crippen molar-refractivity contribution in [2.45, 2.75) is 57.1 Å². The van der Waals surface area contributed by atoms with Crippen LogP contribution in [-0.4, -0.2) is 60.8 Å². The molecular formula is C20H33N5OS. The smallest absolute Gasteiger partial charge is 0.191 e. The minimum Gasteiger partial charge on any atom is -0.375 e. The number of rotatable bonds is 6. The molecule has 0 spiro atoms. The van der Waals surface area contributed by atoms with Crippen LogP contribution in [0.5, 0.6) is 0 Å². The summed E-state index contributed by atoms with van der Waals surface area (Å²) in [5, 5.41) is 7.79. The highest BCUT2D eigenvalue weighted by Gasteiger charge is 2.24. The number of thioether (sulfide) groups is 1. The van der Waals surface area contributed by atoms with E-state index in [2.05, 4.69) is 52.8 Å². The van der Waals surface area contributed by atoms with E-state index in [1.807, 2.05) is 18.0 Å². The van der Waals surface area contributed by atoms with E-state index < -0.39 is 0 Å². The molecule has 2 N–H and O–H groups in total. The highest BCUT2D eigenvalue weighted by atomic mass is 32.2. The zero-order valence-corrected chi connectivity index (χ0v) is 17.6. The van der Waals surface area contributed by atoms with Crippen molar-refractivity contribution in [1.29, 1.82) is 0 Å². The topological polar surface area (TPSA) is 61.8 Å². The Bertz CT molecular complexity index is 626. The van der Waals surface area contributed by atoms with E-state index >= 15 is 0 Å². The number of aliphatic imine (C=N–C) groups is 1. The fourth-order valence-electron chi connectivity index (χ4n) is 3.73. The van der Waals surface area contributed by atoms with Crippen molar-refractivity contribution < 1.29 is 4.74 Å². The van der Waals surface area contributed by atoms with E-state index in [-0.39, 0.29) is 6.10 Å². The molecule has 150 valence electrons. The molecule has 0 radical (unpaired) electrons. The first-order valence-corrected chi connectivity index (χ1v) is 11.4. The van der Waals surface area contributed by atoms with Gasteiger partial charge in [-0.15, -0.1) is 0 Å². The van der Waals surface area contributed by atoms with E-state index in [1.54, 1.807) is 0 Å². The number of hydrogen-bond acceptors (Lipinski definition) is 5. The molecule has 2 heterocycles. The molecule has 1 aliphatic heterocycles. The summed E-state index contributed by atoms with van der Waals surface area (Å²) in [5.74, 6) is 1.94. The number of guanidine groups is 1. The number of pyridine rings is 1. The Morgan fingerprint density at radius 2 is 2.33 bits per heavy atom. The summed E-state index contributed by atoms with van der Waals surface area (Å²) in [6.07, 6.45) is 8.10. The first-order valence-electron chi connectivity index (χ1n) is 10.1. The molecule has 0 bridgehead atoms. The van der Waals surface area contributed by atoms with Gasteiger partial charge in [-0.25, -0.2) is 9.98 Å². The zero-order valence-electron chi connectivity index (χ0n) is 16.8. The quantitative estimate of drug-likeness (QED) is 0.574. The summed E-state index contributed by atoms with van der Waals surface area (Å²) in [5.41, 5.74) is 1.18. The number of nitrogens with zero attached hydrogens (tertiary/aromatic N) is 3. The molecule has 1 saturated heterocycles. The zero-order chi connectivity index (χ0) is 19.1. The maximum Gasteiger partial charge on any atom is 0.191 e. The third-order valence-electron chi connectivity index (χ3n) is 5.20. The molecule has 7 heteroatoms. The highest BCUT2D eigenvalue weighted by molar-refractivity contribution is 7.99. The second-order valence-electron chi connectivity index (χ2n) is 7.36. The lowest BCUT2D eigenvalue weighted by molar-refractivity contribution is 0.0529.